The smallest absolute Gasteiger partial charge is 0.318 e. The van der Waals surface area contributed by atoms with Crippen LogP contribution in [0.1, 0.15) is 0 Å². The monoisotopic (exact) mass is 275 g/mol. The van der Waals surface area contributed by atoms with Crippen molar-refractivity contribution in [2.75, 3.05) is 5.32 Å². The van der Waals surface area contributed by atoms with E-state index in [1.54, 1.807) is 0 Å². The van der Waals surface area contributed by atoms with E-state index in [1.165, 1.54) is 0 Å². The molecular formula is C9H4F7NO. The first kappa shape index (κ1) is 14.3. The standard InChI is InChI=1S/C9H4F7NO/c10-3-1-5(12)6(2-4(3)11)17-8(18)9(15,16)7(13)14/h1-2,7H,(H,17,18). The van der Waals surface area contributed by atoms with Crippen molar-refractivity contribution in [3.63, 3.8) is 0 Å². The molecule has 0 aliphatic rings. The Morgan fingerprint density at radius 3 is 2.06 bits per heavy atom. The van der Waals surface area contributed by atoms with E-state index < -0.39 is 41.4 Å². The normalized spacial score (nSPS) is 11.8. The van der Waals surface area contributed by atoms with E-state index in [0.717, 1.165) is 5.32 Å². The number of halogens is 7. The molecule has 0 aliphatic carbocycles. The van der Waals surface area contributed by atoms with Gasteiger partial charge in [0.15, 0.2) is 11.6 Å². The van der Waals surface area contributed by atoms with Gasteiger partial charge in [0.2, 0.25) is 0 Å². The van der Waals surface area contributed by atoms with Gasteiger partial charge in [-0.1, -0.05) is 0 Å². The van der Waals surface area contributed by atoms with Crippen LogP contribution in [0.4, 0.5) is 36.4 Å². The largest absolute Gasteiger partial charge is 0.383 e. The van der Waals surface area contributed by atoms with Gasteiger partial charge < -0.3 is 5.32 Å². The fourth-order valence-corrected chi connectivity index (χ4v) is 0.923. The van der Waals surface area contributed by atoms with Crippen LogP contribution in [-0.2, 0) is 4.79 Å². The van der Waals surface area contributed by atoms with E-state index in [4.69, 9.17) is 0 Å². The predicted octanol–water partition coefficient (Wildman–Crippen LogP) is 2.94. The molecule has 0 atom stereocenters. The molecule has 0 saturated carbocycles. The van der Waals surface area contributed by atoms with E-state index in [9.17, 15) is 35.5 Å². The zero-order valence-corrected chi connectivity index (χ0v) is 8.29. The van der Waals surface area contributed by atoms with Gasteiger partial charge in [0.05, 0.1) is 5.69 Å². The van der Waals surface area contributed by atoms with Gasteiger partial charge in [-0.05, 0) is 0 Å². The molecule has 1 N–H and O–H groups in total. The molecule has 100 valence electrons. The van der Waals surface area contributed by atoms with Crippen LogP contribution < -0.4 is 5.32 Å². The number of alkyl halides is 4. The predicted molar refractivity (Wildman–Crippen MR) is 45.9 cm³/mol. The fraction of sp³-hybridized carbons (Fsp3) is 0.222. The summed E-state index contributed by atoms with van der Waals surface area (Å²) in [6.07, 6.45) is -4.31. The van der Waals surface area contributed by atoms with E-state index in [-0.39, 0.29) is 12.1 Å². The molecule has 1 aromatic carbocycles. The first-order valence-corrected chi connectivity index (χ1v) is 4.28. The maximum absolute atomic E-state index is 12.9. The highest BCUT2D eigenvalue weighted by Crippen LogP contribution is 2.26. The Balaban J connectivity index is 2.99. The Kier molecular flexibility index (Phi) is 3.82. The molecule has 0 fully saturated rings. The molecule has 1 rings (SSSR count). The number of benzene rings is 1. The second-order valence-electron chi connectivity index (χ2n) is 3.12. The second kappa shape index (κ2) is 4.83. The van der Waals surface area contributed by atoms with Crippen molar-refractivity contribution >= 4 is 11.6 Å². The summed E-state index contributed by atoms with van der Waals surface area (Å²) in [5, 5.41) is 1.05. The van der Waals surface area contributed by atoms with Gasteiger partial charge >= 0.3 is 18.3 Å². The Labute approximate surface area is 95.4 Å². The molecule has 1 aromatic rings. The molecule has 18 heavy (non-hydrogen) atoms. The quantitative estimate of drug-likeness (QED) is 0.667. The van der Waals surface area contributed by atoms with Crippen molar-refractivity contribution in [1.29, 1.82) is 0 Å². The number of rotatable bonds is 3. The van der Waals surface area contributed by atoms with Crippen molar-refractivity contribution in [2.45, 2.75) is 12.3 Å². The summed E-state index contributed by atoms with van der Waals surface area (Å²) in [5.74, 6) is -12.4. The van der Waals surface area contributed by atoms with E-state index in [2.05, 4.69) is 0 Å². The summed E-state index contributed by atoms with van der Waals surface area (Å²) in [6.45, 7) is 0. The summed E-state index contributed by atoms with van der Waals surface area (Å²) in [4.78, 5) is 10.7. The molecule has 2 nitrogen and oxygen atoms in total. The lowest BCUT2D eigenvalue weighted by molar-refractivity contribution is -0.163. The third kappa shape index (κ3) is 2.71. The fourth-order valence-electron chi connectivity index (χ4n) is 0.923. The number of amides is 1. The van der Waals surface area contributed by atoms with Crippen molar-refractivity contribution in [3.8, 4) is 0 Å². The number of hydrogen-bond donors (Lipinski definition) is 1. The van der Waals surface area contributed by atoms with Gasteiger partial charge in [-0.3, -0.25) is 4.79 Å². The first-order chi connectivity index (χ1) is 8.16. The molecule has 0 saturated heterocycles. The molecule has 0 unspecified atom stereocenters. The van der Waals surface area contributed by atoms with Gasteiger partial charge in [-0.2, -0.15) is 8.78 Å². The topological polar surface area (TPSA) is 29.1 Å². The zero-order chi connectivity index (χ0) is 14.1. The van der Waals surface area contributed by atoms with Gasteiger partial charge in [0, 0.05) is 12.1 Å². The van der Waals surface area contributed by atoms with Crippen LogP contribution in [0.3, 0.4) is 0 Å². The SMILES string of the molecule is O=C(Nc1cc(F)c(F)cc1F)C(F)(F)C(F)F. The van der Waals surface area contributed by atoms with Gasteiger partial charge in [0.25, 0.3) is 0 Å². The molecule has 0 heterocycles. The average molecular weight is 275 g/mol. The highest BCUT2D eigenvalue weighted by atomic mass is 19.3. The molecule has 9 heteroatoms. The summed E-state index contributed by atoms with van der Waals surface area (Å²) in [6, 6.07) is 0.0373. The van der Waals surface area contributed by atoms with Crippen LogP contribution in [0.5, 0.6) is 0 Å². The lowest BCUT2D eigenvalue weighted by atomic mass is 10.2. The minimum atomic E-state index is -5.07. The Morgan fingerprint density at radius 1 is 1.06 bits per heavy atom. The molecule has 0 aliphatic heterocycles. The van der Waals surface area contributed by atoms with E-state index >= 15 is 0 Å². The summed E-state index contributed by atoms with van der Waals surface area (Å²) < 4.78 is 86.5. The number of anilines is 1. The molecule has 1 amide bonds. The van der Waals surface area contributed by atoms with Crippen molar-refractivity contribution in [3.05, 3.63) is 29.6 Å². The highest BCUT2D eigenvalue weighted by molar-refractivity contribution is 5.96. The number of nitrogens with one attached hydrogen (secondary N) is 1. The van der Waals surface area contributed by atoms with Crippen LogP contribution >= 0.6 is 0 Å². The average Bonchev–Trinajstić information content (AvgIpc) is 2.25. The number of carbonyl (C=O) groups excluding carboxylic acids is 1. The Hall–Kier alpha value is -1.80. The first-order valence-electron chi connectivity index (χ1n) is 4.28. The lowest BCUT2D eigenvalue weighted by Crippen LogP contribution is -2.41. The van der Waals surface area contributed by atoms with Crippen LogP contribution in [0.25, 0.3) is 0 Å². The summed E-state index contributed by atoms with van der Waals surface area (Å²) >= 11 is 0. The minimum Gasteiger partial charge on any atom is -0.318 e. The van der Waals surface area contributed by atoms with Crippen LogP contribution in [-0.4, -0.2) is 18.3 Å². The van der Waals surface area contributed by atoms with Gasteiger partial charge in [-0.25, -0.2) is 22.0 Å². The van der Waals surface area contributed by atoms with E-state index in [0.29, 0.717) is 0 Å². The molecule has 0 spiro atoms. The van der Waals surface area contributed by atoms with Crippen LogP contribution in [0.2, 0.25) is 0 Å². The molecule has 0 aromatic heterocycles. The molecule has 0 radical (unpaired) electrons. The zero-order valence-electron chi connectivity index (χ0n) is 8.29. The van der Waals surface area contributed by atoms with E-state index in [1.807, 2.05) is 0 Å². The maximum atomic E-state index is 12.9. The second-order valence-corrected chi connectivity index (χ2v) is 3.12. The minimum absolute atomic E-state index is 0.0224. The van der Waals surface area contributed by atoms with Crippen molar-refractivity contribution < 1.29 is 35.5 Å². The van der Waals surface area contributed by atoms with Crippen LogP contribution in [0, 0.1) is 17.5 Å². The van der Waals surface area contributed by atoms with Gasteiger partial charge in [0.1, 0.15) is 5.82 Å². The summed E-state index contributed by atoms with van der Waals surface area (Å²) in [7, 11) is 0. The van der Waals surface area contributed by atoms with Gasteiger partial charge in [-0.15, -0.1) is 0 Å². The highest BCUT2D eigenvalue weighted by Gasteiger charge is 2.49. The summed E-state index contributed by atoms with van der Waals surface area (Å²) in [5.41, 5.74) is -1.17. The Bertz CT molecular complexity index is 474. The van der Waals surface area contributed by atoms with Crippen LogP contribution in [0.15, 0.2) is 12.1 Å². The van der Waals surface area contributed by atoms with Crippen molar-refractivity contribution in [1.82, 2.24) is 0 Å². The number of hydrogen-bond acceptors (Lipinski definition) is 1. The maximum Gasteiger partial charge on any atom is 0.383 e. The third-order valence-corrected chi connectivity index (χ3v) is 1.83. The third-order valence-electron chi connectivity index (χ3n) is 1.83. The molecular weight excluding hydrogens is 271 g/mol. The lowest BCUT2D eigenvalue weighted by Gasteiger charge is -2.15. The number of carbonyl (C=O) groups is 1. The van der Waals surface area contributed by atoms with Crippen molar-refractivity contribution in [2.24, 2.45) is 0 Å². The molecule has 0 bridgehead atoms. The Morgan fingerprint density at radius 2 is 1.56 bits per heavy atom.